The molecule has 0 fully saturated rings. The minimum atomic E-state index is -0.0809. The molecule has 1 rings (SSSR count). The van der Waals surface area contributed by atoms with Crippen LogP contribution in [0.3, 0.4) is 0 Å². The van der Waals surface area contributed by atoms with Crippen LogP contribution in [0, 0.1) is 6.92 Å². The molecule has 0 aliphatic heterocycles. The number of carbonyl (C=O) groups is 1. The monoisotopic (exact) mass is 286 g/mol. The predicted molar refractivity (Wildman–Crippen MR) is 66.4 cm³/mol. The Labute approximate surface area is 104 Å². The van der Waals surface area contributed by atoms with E-state index in [9.17, 15) is 4.79 Å². The number of aromatic nitrogens is 1. The van der Waals surface area contributed by atoms with Gasteiger partial charge >= 0.3 is 0 Å². The molecule has 0 atom stereocenters. The third-order valence-corrected chi connectivity index (χ3v) is 2.82. The molecule has 0 unspecified atom stereocenters. The number of hydrogen-bond acceptors (Lipinski definition) is 3. The zero-order valence-corrected chi connectivity index (χ0v) is 11.0. The maximum Gasteiger partial charge on any atom is 0.227 e. The van der Waals surface area contributed by atoms with Crippen molar-refractivity contribution in [2.75, 3.05) is 18.5 Å². The number of nitrogens with zero attached hydrogens (tertiary/aromatic N) is 1. The van der Waals surface area contributed by atoms with Crippen LogP contribution in [0.1, 0.15) is 18.9 Å². The second-order valence-electron chi connectivity index (χ2n) is 3.31. The summed E-state index contributed by atoms with van der Waals surface area (Å²) in [7, 11) is 0. The molecule has 1 aromatic rings. The second-order valence-corrected chi connectivity index (χ2v) is 4.17. The molecule has 0 radical (unpaired) electrons. The fourth-order valence-electron chi connectivity index (χ4n) is 1.12. The van der Waals surface area contributed by atoms with Gasteiger partial charge in [-0.15, -0.1) is 0 Å². The summed E-state index contributed by atoms with van der Waals surface area (Å²) in [4.78, 5) is 15.5. The number of pyridine rings is 1. The molecular formula is C11H15BrN2O2. The number of anilines is 1. The lowest BCUT2D eigenvalue weighted by Gasteiger charge is -2.06. The molecule has 1 N–H and O–H groups in total. The molecule has 0 aliphatic carbocycles. The summed E-state index contributed by atoms with van der Waals surface area (Å²) in [5.41, 5.74) is 1.04. The Morgan fingerprint density at radius 3 is 3.00 bits per heavy atom. The lowest BCUT2D eigenvalue weighted by Crippen LogP contribution is -2.15. The highest BCUT2D eigenvalue weighted by Crippen LogP contribution is 2.17. The quantitative estimate of drug-likeness (QED) is 0.847. The highest BCUT2D eigenvalue weighted by Gasteiger charge is 2.04. The Kier molecular flexibility index (Phi) is 5.42. The molecule has 0 saturated heterocycles. The largest absolute Gasteiger partial charge is 0.381 e. The van der Waals surface area contributed by atoms with E-state index in [0.29, 0.717) is 25.5 Å². The average Bonchev–Trinajstić information content (AvgIpc) is 2.24. The van der Waals surface area contributed by atoms with Gasteiger partial charge in [0.2, 0.25) is 5.91 Å². The summed E-state index contributed by atoms with van der Waals surface area (Å²) >= 11 is 3.35. The van der Waals surface area contributed by atoms with Gasteiger partial charge in [-0.05, 0) is 41.4 Å². The number of ether oxygens (including phenoxy) is 1. The van der Waals surface area contributed by atoms with Gasteiger partial charge < -0.3 is 10.1 Å². The SMILES string of the molecule is CCOCCC(=O)Nc1cc(C)c(Br)cn1. The summed E-state index contributed by atoms with van der Waals surface area (Å²) in [6, 6.07) is 1.82. The van der Waals surface area contributed by atoms with E-state index < -0.39 is 0 Å². The molecule has 16 heavy (non-hydrogen) atoms. The molecule has 0 aromatic carbocycles. The van der Waals surface area contributed by atoms with Crippen molar-refractivity contribution in [3.63, 3.8) is 0 Å². The first-order chi connectivity index (χ1) is 7.63. The Balaban J connectivity index is 2.46. The van der Waals surface area contributed by atoms with Gasteiger partial charge in [0.15, 0.2) is 0 Å². The number of nitrogens with one attached hydrogen (secondary N) is 1. The van der Waals surface area contributed by atoms with Crippen LogP contribution in [0.15, 0.2) is 16.7 Å². The second kappa shape index (κ2) is 6.60. The van der Waals surface area contributed by atoms with Crippen LogP contribution < -0.4 is 5.32 Å². The molecule has 1 heterocycles. The maximum absolute atomic E-state index is 11.4. The number of hydrogen-bond donors (Lipinski definition) is 1. The zero-order chi connectivity index (χ0) is 12.0. The molecule has 88 valence electrons. The van der Waals surface area contributed by atoms with Gasteiger partial charge in [0, 0.05) is 17.3 Å². The van der Waals surface area contributed by atoms with E-state index >= 15 is 0 Å². The van der Waals surface area contributed by atoms with Crippen molar-refractivity contribution in [2.24, 2.45) is 0 Å². The number of halogens is 1. The topological polar surface area (TPSA) is 51.2 Å². The smallest absolute Gasteiger partial charge is 0.227 e. The normalized spacial score (nSPS) is 10.2. The first kappa shape index (κ1) is 13.1. The standard InChI is InChI=1S/C11H15BrN2O2/c1-3-16-5-4-11(15)14-10-6-8(2)9(12)7-13-10/h6-7H,3-5H2,1-2H3,(H,13,14,15). The van der Waals surface area contributed by atoms with Crippen LogP contribution >= 0.6 is 15.9 Å². The Bertz CT molecular complexity index is 369. The van der Waals surface area contributed by atoms with Crippen molar-refractivity contribution in [1.29, 1.82) is 0 Å². The van der Waals surface area contributed by atoms with E-state index in [2.05, 4.69) is 26.2 Å². The lowest BCUT2D eigenvalue weighted by atomic mass is 10.3. The van der Waals surface area contributed by atoms with E-state index in [-0.39, 0.29) is 5.91 Å². The number of aryl methyl sites for hydroxylation is 1. The molecule has 1 amide bonds. The Morgan fingerprint density at radius 2 is 2.38 bits per heavy atom. The van der Waals surface area contributed by atoms with Gasteiger partial charge in [-0.25, -0.2) is 4.98 Å². The predicted octanol–water partition coefficient (Wildman–Crippen LogP) is 2.52. The van der Waals surface area contributed by atoms with Crippen LogP contribution in [-0.2, 0) is 9.53 Å². The molecule has 4 nitrogen and oxygen atoms in total. The van der Waals surface area contributed by atoms with Crippen LogP contribution in [0.4, 0.5) is 5.82 Å². The number of carbonyl (C=O) groups excluding carboxylic acids is 1. The zero-order valence-electron chi connectivity index (χ0n) is 9.42. The van der Waals surface area contributed by atoms with Crippen molar-refractivity contribution in [1.82, 2.24) is 4.98 Å². The van der Waals surface area contributed by atoms with E-state index in [1.54, 1.807) is 6.20 Å². The summed E-state index contributed by atoms with van der Waals surface area (Å²) in [6.45, 7) is 4.92. The summed E-state index contributed by atoms with van der Waals surface area (Å²) in [5.74, 6) is 0.491. The van der Waals surface area contributed by atoms with Crippen molar-refractivity contribution in [2.45, 2.75) is 20.3 Å². The van der Waals surface area contributed by atoms with E-state index in [1.807, 2.05) is 19.9 Å². The molecule has 0 saturated carbocycles. The Morgan fingerprint density at radius 1 is 1.62 bits per heavy atom. The first-order valence-electron chi connectivity index (χ1n) is 5.13. The van der Waals surface area contributed by atoms with E-state index in [0.717, 1.165) is 10.0 Å². The van der Waals surface area contributed by atoms with Crippen LogP contribution in [0.25, 0.3) is 0 Å². The minimum Gasteiger partial charge on any atom is -0.381 e. The fraction of sp³-hybridized carbons (Fsp3) is 0.455. The van der Waals surface area contributed by atoms with Crippen molar-refractivity contribution >= 4 is 27.7 Å². The van der Waals surface area contributed by atoms with E-state index in [1.165, 1.54) is 0 Å². The first-order valence-corrected chi connectivity index (χ1v) is 5.92. The summed E-state index contributed by atoms with van der Waals surface area (Å²) in [5, 5.41) is 2.72. The molecule has 5 heteroatoms. The third kappa shape index (κ3) is 4.28. The van der Waals surface area contributed by atoms with Crippen LogP contribution in [0.2, 0.25) is 0 Å². The van der Waals surface area contributed by atoms with Gasteiger partial charge in [-0.3, -0.25) is 4.79 Å². The van der Waals surface area contributed by atoms with Crippen LogP contribution in [-0.4, -0.2) is 24.1 Å². The number of amides is 1. The highest BCUT2D eigenvalue weighted by molar-refractivity contribution is 9.10. The van der Waals surface area contributed by atoms with Crippen molar-refractivity contribution in [3.8, 4) is 0 Å². The van der Waals surface area contributed by atoms with Gasteiger partial charge in [0.05, 0.1) is 13.0 Å². The van der Waals surface area contributed by atoms with Gasteiger partial charge in [-0.1, -0.05) is 0 Å². The fourth-order valence-corrected chi connectivity index (χ4v) is 1.34. The van der Waals surface area contributed by atoms with Crippen molar-refractivity contribution in [3.05, 3.63) is 22.3 Å². The van der Waals surface area contributed by atoms with Gasteiger partial charge in [0.1, 0.15) is 5.82 Å². The number of rotatable bonds is 5. The van der Waals surface area contributed by atoms with E-state index in [4.69, 9.17) is 4.74 Å². The molecular weight excluding hydrogens is 272 g/mol. The minimum absolute atomic E-state index is 0.0809. The highest BCUT2D eigenvalue weighted by atomic mass is 79.9. The van der Waals surface area contributed by atoms with Gasteiger partial charge in [-0.2, -0.15) is 0 Å². The maximum atomic E-state index is 11.4. The van der Waals surface area contributed by atoms with Crippen molar-refractivity contribution < 1.29 is 9.53 Å². The molecule has 0 bridgehead atoms. The summed E-state index contributed by atoms with van der Waals surface area (Å²) in [6.07, 6.45) is 2.03. The summed E-state index contributed by atoms with van der Waals surface area (Å²) < 4.78 is 6.03. The average molecular weight is 287 g/mol. The van der Waals surface area contributed by atoms with Gasteiger partial charge in [0.25, 0.3) is 0 Å². The third-order valence-electron chi connectivity index (χ3n) is 1.99. The van der Waals surface area contributed by atoms with Crippen LogP contribution in [0.5, 0.6) is 0 Å². The lowest BCUT2D eigenvalue weighted by molar-refractivity contribution is -0.117. The molecule has 0 spiro atoms. The Hall–Kier alpha value is -0.940. The molecule has 0 aliphatic rings. The molecule has 1 aromatic heterocycles.